The van der Waals surface area contributed by atoms with Crippen molar-refractivity contribution in [1.29, 1.82) is 0 Å². The maximum Gasteiger partial charge on any atom is 0.309 e. The molecule has 0 aliphatic rings. The fourth-order valence-corrected chi connectivity index (χ4v) is 2.07. The van der Waals surface area contributed by atoms with Gasteiger partial charge in [-0.15, -0.1) is 0 Å². The predicted molar refractivity (Wildman–Crippen MR) is 69.8 cm³/mol. The molecule has 0 radical (unpaired) electrons. The van der Waals surface area contributed by atoms with Crippen molar-refractivity contribution in [3.63, 3.8) is 0 Å². The minimum Gasteiger partial charge on any atom is -0.481 e. The maximum absolute atomic E-state index is 11.0. The smallest absolute Gasteiger partial charge is 0.309 e. The molecule has 1 aromatic carbocycles. The second kappa shape index (κ2) is 4.53. The van der Waals surface area contributed by atoms with Crippen molar-refractivity contribution in [2.24, 2.45) is 0 Å². The van der Waals surface area contributed by atoms with Crippen molar-refractivity contribution in [3.05, 3.63) is 54.4 Å². The number of aliphatic carboxylic acids is 1. The largest absolute Gasteiger partial charge is 0.481 e. The summed E-state index contributed by atoms with van der Waals surface area (Å²) in [4.78, 5) is 15.5. The summed E-state index contributed by atoms with van der Waals surface area (Å²) >= 11 is 0. The number of hydrogen-bond acceptors (Lipinski definition) is 3. The van der Waals surface area contributed by atoms with Crippen molar-refractivity contribution < 1.29 is 9.90 Å². The van der Waals surface area contributed by atoms with E-state index < -0.39 is 5.97 Å². The highest BCUT2D eigenvalue weighted by Crippen LogP contribution is 2.23. The summed E-state index contributed by atoms with van der Waals surface area (Å²) in [5, 5.41) is 13.2. The van der Waals surface area contributed by atoms with Gasteiger partial charge < -0.3 is 5.11 Å². The number of carboxylic acids is 1. The average molecular weight is 253 g/mol. The van der Waals surface area contributed by atoms with E-state index in [0.717, 1.165) is 5.56 Å². The number of imidazole rings is 1. The second-order valence-electron chi connectivity index (χ2n) is 4.14. The fraction of sp³-hybridized carbons (Fsp3) is 0.0714. The van der Waals surface area contributed by atoms with Crippen LogP contribution < -0.4 is 0 Å². The van der Waals surface area contributed by atoms with Gasteiger partial charge in [-0.2, -0.15) is 5.10 Å². The summed E-state index contributed by atoms with van der Waals surface area (Å²) in [6.45, 7) is 0. The van der Waals surface area contributed by atoms with E-state index in [1.165, 1.54) is 0 Å². The molecule has 3 aromatic rings. The lowest BCUT2D eigenvalue weighted by Gasteiger charge is -2.01. The molecule has 0 saturated carbocycles. The zero-order valence-electron chi connectivity index (χ0n) is 10.0. The molecule has 0 atom stereocenters. The maximum atomic E-state index is 11.0. The first kappa shape index (κ1) is 11.4. The van der Waals surface area contributed by atoms with E-state index in [1.54, 1.807) is 16.8 Å². The third kappa shape index (κ3) is 2.06. The quantitative estimate of drug-likeness (QED) is 0.775. The first-order chi connectivity index (χ1) is 9.25. The summed E-state index contributed by atoms with van der Waals surface area (Å²) < 4.78 is 1.58. The topological polar surface area (TPSA) is 67.5 Å². The molecule has 0 unspecified atom stereocenters. The molecule has 19 heavy (non-hydrogen) atoms. The third-order valence-electron chi connectivity index (χ3n) is 2.85. The minimum atomic E-state index is -0.898. The van der Waals surface area contributed by atoms with E-state index in [9.17, 15) is 4.79 Å². The Morgan fingerprint density at radius 2 is 1.95 bits per heavy atom. The molecule has 2 heterocycles. The van der Waals surface area contributed by atoms with Gasteiger partial charge in [-0.1, -0.05) is 30.3 Å². The van der Waals surface area contributed by atoms with E-state index in [0.29, 0.717) is 17.0 Å². The molecule has 0 aliphatic carbocycles. The summed E-state index contributed by atoms with van der Waals surface area (Å²) in [7, 11) is 0. The van der Waals surface area contributed by atoms with Gasteiger partial charge in [0.1, 0.15) is 0 Å². The molecule has 0 bridgehead atoms. The molecule has 0 aliphatic heterocycles. The first-order valence-electron chi connectivity index (χ1n) is 5.85. The van der Waals surface area contributed by atoms with Crippen LogP contribution in [-0.2, 0) is 11.2 Å². The lowest BCUT2D eigenvalue weighted by atomic mass is 10.1. The van der Waals surface area contributed by atoms with Crippen molar-refractivity contribution in [2.75, 3.05) is 0 Å². The van der Waals surface area contributed by atoms with Crippen LogP contribution in [0.25, 0.3) is 16.9 Å². The molecular weight excluding hydrogens is 242 g/mol. The van der Waals surface area contributed by atoms with Gasteiger partial charge in [0.2, 0.25) is 0 Å². The molecule has 0 fully saturated rings. The Labute approximate surface area is 109 Å². The van der Waals surface area contributed by atoms with Crippen molar-refractivity contribution in [2.45, 2.75) is 6.42 Å². The van der Waals surface area contributed by atoms with E-state index in [2.05, 4.69) is 10.1 Å². The van der Waals surface area contributed by atoms with Crippen LogP contribution in [0.1, 0.15) is 5.69 Å². The van der Waals surface area contributed by atoms with Crippen molar-refractivity contribution >= 4 is 11.6 Å². The van der Waals surface area contributed by atoms with Gasteiger partial charge in [0.05, 0.1) is 17.8 Å². The van der Waals surface area contributed by atoms with Gasteiger partial charge in [0.25, 0.3) is 0 Å². The summed E-state index contributed by atoms with van der Waals surface area (Å²) in [5.74, 6) is -0.898. The number of benzene rings is 1. The molecule has 0 saturated heterocycles. The highest BCUT2D eigenvalue weighted by atomic mass is 16.4. The Morgan fingerprint density at radius 1 is 1.16 bits per heavy atom. The van der Waals surface area contributed by atoms with Gasteiger partial charge in [-0.3, -0.25) is 4.79 Å². The number of aromatic nitrogens is 3. The molecule has 3 rings (SSSR count). The number of nitrogens with zero attached hydrogens (tertiary/aromatic N) is 3. The average Bonchev–Trinajstić information content (AvgIpc) is 2.78. The number of hydrogen-bond donors (Lipinski definition) is 1. The monoisotopic (exact) mass is 253 g/mol. The zero-order valence-corrected chi connectivity index (χ0v) is 10.0. The van der Waals surface area contributed by atoms with Gasteiger partial charge >= 0.3 is 5.97 Å². The van der Waals surface area contributed by atoms with Crippen LogP contribution in [-0.4, -0.2) is 25.7 Å². The Hall–Kier alpha value is -2.69. The third-order valence-corrected chi connectivity index (χ3v) is 2.85. The zero-order chi connectivity index (χ0) is 13.2. The molecule has 94 valence electrons. The van der Waals surface area contributed by atoms with Crippen LogP contribution in [0.4, 0.5) is 0 Å². The lowest BCUT2D eigenvalue weighted by molar-refractivity contribution is -0.136. The normalized spacial score (nSPS) is 10.7. The number of rotatable bonds is 3. The minimum absolute atomic E-state index is 0.109. The first-order valence-corrected chi connectivity index (χ1v) is 5.85. The predicted octanol–water partition coefficient (Wildman–Crippen LogP) is 2.02. The number of fused-ring (bicyclic) bond motifs is 1. The Bertz CT molecular complexity index is 735. The fourth-order valence-electron chi connectivity index (χ4n) is 2.07. The number of carboxylic acid groups (broad SMARTS) is 1. The summed E-state index contributed by atoms with van der Waals surface area (Å²) in [6.07, 6.45) is 1.51. The molecule has 5 heteroatoms. The Morgan fingerprint density at radius 3 is 2.68 bits per heavy atom. The Kier molecular flexibility index (Phi) is 2.72. The highest BCUT2D eigenvalue weighted by Gasteiger charge is 2.16. The summed E-state index contributed by atoms with van der Waals surface area (Å²) in [6, 6.07) is 13.1. The molecular formula is C14H11N3O2. The molecule has 2 aromatic heterocycles. The van der Waals surface area contributed by atoms with Gasteiger partial charge in [-0.25, -0.2) is 9.50 Å². The van der Waals surface area contributed by atoms with Crippen molar-refractivity contribution in [3.8, 4) is 11.3 Å². The molecule has 0 amide bonds. The lowest BCUT2D eigenvalue weighted by Crippen LogP contribution is -2.06. The molecule has 5 nitrogen and oxygen atoms in total. The van der Waals surface area contributed by atoms with Gasteiger partial charge in [0.15, 0.2) is 5.65 Å². The highest BCUT2D eigenvalue weighted by molar-refractivity contribution is 5.75. The summed E-state index contributed by atoms with van der Waals surface area (Å²) in [5.41, 5.74) is 2.80. The van der Waals surface area contributed by atoms with Crippen LogP contribution in [0, 0.1) is 0 Å². The van der Waals surface area contributed by atoms with Crippen LogP contribution in [0.15, 0.2) is 48.7 Å². The van der Waals surface area contributed by atoms with Gasteiger partial charge in [-0.05, 0) is 12.1 Å². The van der Waals surface area contributed by atoms with E-state index in [4.69, 9.17) is 5.11 Å². The second-order valence-corrected chi connectivity index (χ2v) is 4.14. The van der Waals surface area contributed by atoms with Crippen LogP contribution in [0.3, 0.4) is 0 Å². The number of carbonyl (C=O) groups is 1. The standard InChI is InChI=1S/C14H11N3O2/c18-13(19)9-11-14(10-5-2-1-3-6-10)16-12-7-4-8-15-17(11)12/h1-8H,9H2,(H,18,19). The molecule has 0 spiro atoms. The van der Waals surface area contributed by atoms with Crippen molar-refractivity contribution in [1.82, 2.24) is 14.6 Å². The van der Waals surface area contributed by atoms with Crippen LogP contribution in [0.2, 0.25) is 0 Å². The molecule has 1 N–H and O–H groups in total. The Balaban J connectivity index is 2.26. The van der Waals surface area contributed by atoms with E-state index >= 15 is 0 Å². The van der Waals surface area contributed by atoms with E-state index in [-0.39, 0.29) is 6.42 Å². The van der Waals surface area contributed by atoms with Crippen LogP contribution >= 0.6 is 0 Å². The van der Waals surface area contributed by atoms with Gasteiger partial charge in [0, 0.05) is 11.8 Å². The van der Waals surface area contributed by atoms with E-state index in [1.807, 2.05) is 36.4 Å². The van der Waals surface area contributed by atoms with Crippen LogP contribution in [0.5, 0.6) is 0 Å². The SMILES string of the molecule is O=C(O)Cc1c(-c2ccccc2)nc2cccnn12.